The number of furan rings is 1. The van der Waals surface area contributed by atoms with Gasteiger partial charge in [-0.25, -0.2) is 4.98 Å². The van der Waals surface area contributed by atoms with Gasteiger partial charge >= 0.3 is 0 Å². The van der Waals surface area contributed by atoms with Gasteiger partial charge in [-0.05, 0) is 28.1 Å². The third kappa shape index (κ3) is 1.52. The highest BCUT2D eigenvalue weighted by Gasteiger charge is 2.09. The molecule has 0 aliphatic rings. The lowest BCUT2D eigenvalue weighted by Crippen LogP contribution is -1.82. The van der Waals surface area contributed by atoms with E-state index in [4.69, 9.17) is 9.52 Å². The number of hydrogen-bond donors (Lipinski definition) is 2. The van der Waals surface area contributed by atoms with Gasteiger partial charge < -0.3 is 14.5 Å². The summed E-state index contributed by atoms with van der Waals surface area (Å²) in [7, 11) is 0. The minimum atomic E-state index is -0.0751. The van der Waals surface area contributed by atoms with Crippen molar-refractivity contribution in [2.24, 2.45) is 0 Å². The van der Waals surface area contributed by atoms with Gasteiger partial charge in [-0.15, -0.1) is 0 Å². The molecule has 2 aromatic heterocycles. The number of hydrogen-bond acceptors (Lipinski definition) is 3. The van der Waals surface area contributed by atoms with Crippen molar-refractivity contribution in [3.05, 3.63) is 28.7 Å². The molecule has 13 heavy (non-hydrogen) atoms. The molecule has 2 N–H and O–H groups in total. The number of nitrogens with one attached hydrogen (secondary N) is 1. The Hall–Kier alpha value is -1.07. The van der Waals surface area contributed by atoms with E-state index in [0.29, 0.717) is 21.9 Å². The van der Waals surface area contributed by atoms with Gasteiger partial charge in [0.1, 0.15) is 4.60 Å². The molecule has 0 fully saturated rings. The molecule has 0 saturated heterocycles. The average molecular weight is 243 g/mol. The highest BCUT2D eigenvalue weighted by atomic mass is 79.9. The van der Waals surface area contributed by atoms with Gasteiger partial charge in [0.05, 0.1) is 18.6 Å². The maximum Gasteiger partial charge on any atom is 0.174 e. The van der Waals surface area contributed by atoms with Crippen LogP contribution in [-0.4, -0.2) is 15.1 Å². The maximum atomic E-state index is 8.90. The van der Waals surface area contributed by atoms with Crippen molar-refractivity contribution >= 4 is 15.9 Å². The van der Waals surface area contributed by atoms with Gasteiger partial charge in [-0.3, -0.25) is 0 Å². The Kier molecular flexibility index (Phi) is 2.20. The fourth-order valence-electron chi connectivity index (χ4n) is 1.02. The zero-order valence-electron chi connectivity index (χ0n) is 6.62. The zero-order valence-corrected chi connectivity index (χ0v) is 8.21. The van der Waals surface area contributed by atoms with E-state index in [1.165, 1.54) is 0 Å². The number of nitrogens with zero attached hydrogens (tertiary/aromatic N) is 1. The minimum Gasteiger partial charge on any atom is -0.461 e. The number of rotatable bonds is 2. The Balaban J connectivity index is 2.43. The third-order valence-corrected chi connectivity index (χ3v) is 2.30. The molecule has 2 rings (SSSR count). The number of aromatic nitrogens is 2. The van der Waals surface area contributed by atoms with E-state index in [1.54, 1.807) is 18.4 Å². The monoisotopic (exact) mass is 242 g/mol. The molecule has 4 nitrogen and oxygen atoms in total. The maximum absolute atomic E-state index is 8.90. The van der Waals surface area contributed by atoms with E-state index < -0.39 is 0 Å². The van der Waals surface area contributed by atoms with Crippen molar-refractivity contribution in [2.45, 2.75) is 6.61 Å². The van der Waals surface area contributed by atoms with Crippen molar-refractivity contribution in [2.75, 3.05) is 0 Å². The average Bonchev–Trinajstić information content (AvgIpc) is 2.71. The summed E-state index contributed by atoms with van der Waals surface area (Å²) < 4.78 is 5.75. The molecule has 0 spiro atoms. The van der Waals surface area contributed by atoms with Gasteiger partial charge in [-0.2, -0.15) is 0 Å². The van der Waals surface area contributed by atoms with Crippen LogP contribution in [0.3, 0.4) is 0 Å². The highest BCUT2D eigenvalue weighted by molar-refractivity contribution is 9.10. The lowest BCUT2D eigenvalue weighted by Gasteiger charge is -1.88. The molecule has 0 amide bonds. The van der Waals surface area contributed by atoms with Crippen LogP contribution in [0.25, 0.3) is 11.6 Å². The lowest BCUT2D eigenvalue weighted by atomic mass is 10.4. The van der Waals surface area contributed by atoms with Gasteiger partial charge in [0, 0.05) is 0 Å². The lowest BCUT2D eigenvalue weighted by molar-refractivity contribution is 0.276. The number of aromatic amines is 1. The van der Waals surface area contributed by atoms with E-state index >= 15 is 0 Å². The first-order valence-electron chi connectivity index (χ1n) is 3.70. The van der Waals surface area contributed by atoms with Crippen molar-refractivity contribution in [3.63, 3.8) is 0 Å². The molecule has 2 aromatic rings. The van der Waals surface area contributed by atoms with Crippen LogP contribution in [0.1, 0.15) is 5.69 Å². The molecule has 2 heterocycles. The summed E-state index contributed by atoms with van der Waals surface area (Å²) in [5, 5.41) is 8.90. The van der Waals surface area contributed by atoms with E-state index in [-0.39, 0.29) is 6.61 Å². The standard InChI is InChI=1S/C8H7BrN2O2/c9-7-5(4-12)10-8(11-7)6-2-1-3-13-6/h1-3,12H,4H2,(H,10,11). The Morgan fingerprint density at radius 3 is 3.00 bits per heavy atom. The Morgan fingerprint density at radius 1 is 1.62 bits per heavy atom. The number of aliphatic hydroxyl groups excluding tert-OH is 1. The SMILES string of the molecule is OCc1[nH]c(-c2ccco2)nc1Br. The molecular weight excluding hydrogens is 236 g/mol. The van der Waals surface area contributed by atoms with Crippen LogP contribution in [-0.2, 0) is 6.61 Å². The van der Waals surface area contributed by atoms with Crippen LogP contribution in [0.5, 0.6) is 0 Å². The second kappa shape index (κ2) is 3.35. The van der Waals surface area contributed by atoms with Crippen molar-refractivity contribution in [3.8, 4) is 11.6 Å². The largest absolute Gasteiger partial charge is 0.461 e. The van der Waals surface area contributed by atoms with E-state index in [0.717, 1.165) is 0 Å². The van der Waals surface area contributed by atoms with E-state index in [2.05, 4.69) is 25.9 Å². The normalized spacial score (nSPS) is 10.6. The third-order valence-electron chi connectivity index (χ3n) is 1.64. The summed E-state index contributed by atoms with van der Waals surface area (Å²) in [5.74, 6) is 1.27. The van der Waals surface area contributed by atoms with Gasteiger partial charge in [0.25, 0.3) is 0 Å². The number of halogens is 1. The van der Waals surface area contributed by atoms with E-state index in [1.807, 2.05) is 0 Å². The summed E-state index contributed by atoms with van der Waals surface area (Å²) in [6.45, 7) is -0.0751. The summed E-state index contributed by atoms with van der Waals surface area (Å²) >= 11 is 3.22. The fraction of sp³-hybridized carbons (Fsp3) is 0.125. The highest BCUT2D eigenvalue weighted by Crippen LogP contribution is 2.21. The van der Waals surface area contributed by atoms with Crippen molar-refractivity contribution < 1.29 is 9.52 Å². The van der Waals surface area contributed by atoms with Crippen LogP contribution in [0.15, 0.2) is 27.4 Å². The molecule has 0 aliphatic carbocycles. The second-order valence-electron chi connectivity index (χ2n) is 2.49. The van der Waals surface area contributed by atoms with Crippen LogP contribution < -0.4 is 0 Å². The molecule has 0 bridgehead atoms. The Morgan fingerprint density at radius 2 is 2.46 bits per heavy atom. The van der Waals surface area contributed by atoms with E-state index in [9.17, 15) is 0 Å². The van der Waals surface area contributed by atoms with Crippen LogP contribution in [0.2, 0.25) is 0 Å². The first-order chi connectivity index (χ1) is 6.31. The van der Waals surface area contributed by atoms with Gasteiger partial charge in [0.15, 0.2) is 11.6 Å². The molecule has 0 atom stereocenters. The fourth-order valence-corrected chi connectivity index (χ4v) is 1.42. The first-order valence-corrected chi connectivity index (χ1v) is 4.49. The topological polar surface area (TPSA) is 62.0 Å². The number of aliphatic hydroxyl groups is 1. The molecular formula is C8H7BrN2O2. The number of H-pyrrole nitrogens is 1. The Bertz CT molecular complexity index is 394. The molecule has 68 valence electrons. The zero-order chi connectivity index (χ0) is 9.26. The van der Waals surface area contributed by atoms with Gasteiger partial charge in [-0.1, -0.05) is 0 Å². The summed E-state index contributed by atoms with van der Waals surface area (Å²) in [6, 6.07) is 3.58. The smallest absolute Gasteiger partial charge is 0.174 e. The molecule has 0 saturated carbocycles. The molecule has 0 radical (unpaired) electrons. The second-order valence-corrected chi connectivity index (χ2v) is 3.24. The first kappa shape index (κ1) is 8.52. The minimum absolute atomic E-state index is 0.0751. The van der Waals surface area contributed by atoms with Crippen LogP contribution >= 0.6 is 15.9 Å². The Labute approximate surface area is 82.7 Å². The number of imidazole rings is 1. The quantitative estimate of drug-likeness (QED) is 0.846. The molecule has 0 aliphatic heterocycles. The predicted octanol–water partition coefficient (Wildman–Crippen LogP) is 1.92. The summed E-state index contributed by atoms with van der Waals surface area (Å²) in [4.78, 5) is 7.06. The van der Waals surface area contributed by atoms with Crippen LogP contribution in [0, 0.1) is 0 Å². The summed E-state index contributed by atoms with van der Waals surface area (Å²) in [6.07, 6.45) is 1.57. The molecule has 0 unspecified atom stereocenters. The molecule has 0 aromatic carbocycles. The predicted molar refractivity (Wildman–Crippen MR) is 49.9 cm³/mol. The van der Waals surface area contributed by atoms with Crippen molar-refractivity contribution in [1.82, 2.24) is 9.97 Å². The van der Waals surface area contributed by atoms with Crippen molar-refractivity contribution in [1.29, 1.82) is 0 Å². The molecule has 5 heteroatoms. The van der Waals surface area contributed by atoms with Crippen LogP contribution in [0.4, 0.5) is 0 Å². The summed E-state index contributed by atoms with van der Waals surface area (Å²) in [5.41, 5.74) is 0.645. The van der Waals surface area contributed by atoms with Gasteiger partial charge in [0.2, 0.25) is 0 Å².